The van der Waals surface area contributed by atoms with Crippen LogP contribution in [0.3, 0.4) is 0 Å². The second-order valence-corrected chi connectivity index (χ2v) is 8.29. The normalized spacial score (nSPS) is 21.0. The lowest BCUT2D eigenvalue weighted by atomic mass is 10.1. The Bertz CT molecular complexity index is 906. The molecule has 8 nitrogen and oxygen atoms in total. The molecule has 30 heavy (non-hydrogen) atoms. The van der Waals surface area contributed by atoms with Crippen LogP contribution in [0.5, 0.6) is 5.75 Å². The Kier molecular flexibility index (Phi) is 5.68. The Labute approximate surface area is 176 Å². The predicted octanol–water partition coefficient (Wildman–Crippen LogP) is 1.11. The number of aromatic nitrogens is 3. The summed E-state index contributed by atoms with van der Waals surface area (Å²) in [5.74, 6) is 3.03. The maximum Gasteiger partial charge on any atom is 0.249 e. The van der Waals surface area contributed by atoms with Crippen molar-refractivity contribution in [1.29, 1.82) is 0 Å². The Morgan fingerprint density at radius 1 is 1.17 bits per heavy atom. The first-order valence-corrected chi connectivity index (χ1v) is 11.0. The molecule has 0 bridgehead atoms. The molecule has 0 radical (unpaired) electrons. The molecule has 1 fully saturated rings. The quantitative estimate of drug-likeness (QED) is 0.767. The maximum atomic E-state index is 12.1. The number of carbonyl (C=O) groups is 1. The summed E-state index contributed by atoms with van der Waals surface area (Å²) in [6.45, 7) is 5.82. The van der Waals surface area contributed by atoms with Gasteiger partial charge in [-0.05, 0) is 30.0 Å². The summed E-state index contributed by atoms with van der Waals surface area (Å²) in [5.41, 5.74) is 2.67. The highest BCUT2D eigenvalue weighted by Gasteiger charge is 2.24. The van der Waals surface area contributed by atoms with E-state index in [0.29, 0.717) is 19.6 Å². The maximum absolute atomic E-state index is 12.1. The average Bonchev–Trinajstić information content (AvgIpc) is 3.49. The van der Waals surface area contributed by atoms with Crippen LogP contribution in [-0.2, 0) is 41.9 Å². The summed E-state index contributed by atoms with van der Waals surface area (Å²) in [5, 5.41) is 11.8. The molecule has 0 spiro atoms. The lowest BCUT2D eigenvalue weighted by Gasteiger charge is -2.20. The van der Waals surface area contributed by atoms with E-state index in [1.165, 1.54) is 11.1 Å². The van der Waals surface area contributed by atoms with Gasteiger partial charge >= 0.3 is 0 Å². The van der Waals surface area contributed by atoms with Crippen LogP contribution in [0.2, 0.25) is 0 Å². The van der Waals surface area contributed by atoms with E-state index in [1.807, 2.05) is 0 Å². The Hall–Kier alpha value is -2.45. The predicted molar refractivity (Wildman–Crippen MR) is 110 cm³/mol. The summed E-state index contributed by atoms with van der Waals surface area (Å²) in [6.07, 6.45) is 4.10. The Balaban J connectivity index is 1.15. The number of hydrogen-bond donors (Lipinski definition) is 1. The summed E-state index contributed by atoms with van der Waals surface area (Å²) >= 11 is 0. The van der Waals surface area contributed by atoms with Crippen molar-refractivity contribution in [3.8, 4) is 5.75 Å². The fraction of sp³-hybridized carbons (Fsp3) is 0.591. The van der Waals surface area contributed by atoms with Crippen LogP contribution < -0.4 is 10.1 Å². The molecule has 2 aromatic rings. The van der Waals surface area contributed by atoms with Crippen LogP contribution in [-0.4, -0.2) is 64.5 Å². The molecule has 8 heteroatoms. The SMILES string of the molecule is O=C(NCCc1nnc2n1CCN(Cc1ccc3c(c1)CCO3)CC2)[C@@H]1CCCO1. The highest BCUT2D eigenvalue weighted by atomic mass is 16.5. The molecular weight excluding hydrogens is 382 g/mol. The van der Waals surface area contributed by atoms with E-state index in [2.05, 4.69) is 43.2 Å². The van der Waals surface area contributed by atoms with Crippen molar-refractivity contribution in [2.75, 3.05) is 32.8 Å². The standard InChI is InChI=1S/C22H29N5O3/c28-22(19-2-1-12-29-19)23-8-5-20-24-25-21-6-9-26(10-11-27(20)21)15-16-3-4-18-17(14-16)7-13-30-18/h3-4,14,19H,1-2,5-13,15H2,(H,23,28)/t19-/m0/s1. The molecule has 0 unspecified atom stereocenters. The van der Waals surface area contributed by atoms with Gasteiger partial charge in [-0.2, -0.15) is 0 Å². The molecule has 1 atom stereocenters. The highest BCUT2D eigenvalue weighted by molar-refractivity contribution is 5.80. The molecule has 0 saturated carbocycles. The first kappa shape index (κ1) is 19.5. The van der Waals surface area contributed by atoms with Crippen LogP contribution in [0.25, 0.3) is 0 Å². The number of rotatable bonds is 6. The van der Waals surface area contributed by atoms with E-state index in [0.717, 1.165) is 75.9 Å². The van der Waals surface area contributed by atoms with Gasteiger partial charge < -0.3 is 19.4 Å². The highest BCUT2D eigenvalue weighted by Crippen LogP contribution is 2.26. The van der Waals surface area contributed by atoms with Crippen molar-refractivity contribution in [1.82, 2.24) is 25.0 Å². The summed E-state index contributed by atoms with van der Waals surface area (Å²) in [7, 11) is 0. The summed E-state index contributed by atoms with van der Waals surface area (Å²) in [4.78, 5) is 14.6. The van der Waals surface area contributed by atoms with E-state index < -0.39 is 0 Å². The lowest BCUT2D eigenvalue weighted by molar-refractivity contribution is -0.130. The van der Waals surface area contributed by atoms with Gasteiger partial charge in [0.05, 0.1) is 6.61 Å². The minimum Gasteiger partial charge on any atom is -0.493 e. The van der Waals surface area contributed by atoms with Gasteiger partial charge in [0.25, 0.3) is 0 Å². The molecule has 1 amide bonds. The number of hydrogen-bond acceptors (Lipinski definition) is 6. The fourth-order valence-corrected chi connectivity index (χ4v) is 4.56. The van der Waals surface area contributed by atoms with Crippen LogP contribution >= 0.6 is 0 Å². The van der Waals surface area contributed by atoms with Gasteiger partial charge in [-0.25, -0.2) is 0 Å². The summed E-state index contributed by atoms with van der Waals surface area (Å²) in [6, 6.07) is 6.57. The zero-order valence-electron chi connectivity index (χ0n) is 17.3. The molecule has 3 aliphatic rings. The molecule has 0 aliphatic carbocycles. The van der Waals surface area contributed by atoms with E-state index in [-0.39, 0.29) is 12.0 Å². The first-order chi connectivity index (χ1) is 14.8. The van der Waals surface area contributed by atoms with Gasteiger partial charge in [-0.3, -0.25) is 9.69 Å². The third-order valence-corrected chi connectivity index (χ3v) is 6.23. The molecule has 4 heterocycles. The molecular formula is C22H29N5O3. The van der Waals surface area contributed by atoms with Gasteiger partial charge in [0.15, 0.2) is 0 Å². The van der Waals surface area contributed by atoms with Crippen molar-refractivity contribution < 1.29 is 14.3 Å². The number of ether oxygens (including phenoxy) is 2. The van der Waals surface area contributed by atoms with E-state index in [1.54, 1.807) is 0 Å². The largest absolute Gasteiger partial charge is 0.493 e. The molecule has 1 N–H and O–H groups in total. The van der Waals surface area contributed by atoms with Gasteiger partial charge in [-0.1, -0.05) is 12.1 Å². The number of nitrogens with one attached hydrogen (secondary N) is 1. The van der Waals surface area contributed by atoms with Crippen LogP contribution in [0, 0.1) is 0 Å². The molecule has 5 rings (SSSR count). The second kappa shape index (κ2) is 8.73. The third kappa shape index (κ3) is 4.20. The lowest BCUT2D eigenvalue weighted by Crippen LogP contribution is -2.35. The number of amides is 1. The Morgan fingerprint density at radius 2 is 2.13 bits per heavy atom. The zero-order valence-corrected chi connectivity index (χ0v) is 17.3. The summed E-state index contributed by atoms with van der Waals surface area (Å²) < 4.78 is 13.3. The topological polar surface area (TPSA) is 81.5 Å². The monoisotopic (exact) mass is 411 g/mol. The number of fused-ring (bicyclic) bond motifs is 2. The first-order valence-electron chi connectivity index (χ1n) is 11.0. The second-order valence-electron chi connectivity index (χ2n) is 8.29. The van der Waals surface area contributed by atoms with Gasteiger partial charge in [-0.15, -0.1) is 10.2 Å². The Morgan fingerprint density at radius 3 is 3.03 bits per heavy atom. The van der Waals surface area contributed by atoms with Crippen molar-refractivity contribution in [3.63, 3.8) is 0 Å². The van der Waals surface area contributed by atoms with Gasteiger partial charge in [0.1, 0.15) is 23.5 Å². The number of benzene rings is 1. The minimum atomic E-state index is -0.278. The average molecular weight is 412 g/mol. The van der Waals surface area contributed by atoms with Crippen LogP contribution in [0.1, 0.15) is 35.6 Å². The molecule has 3 aliphatic heterocycles. The van der Waals surface area contributed by atoms with Gasteiger partial charge in [0.2, 0.25) is 5.91 Å². The van der Waals surface area contributed by atoms with E-state index >= 15 is 0 Å². The van der Waals surface area contributed by atoms with Crippen LogP contribution in [0.15, 0.2) is 18.2 Å². The third-order valence-electron chi connectivity index (χ3n) is 6.23. The smallest absolute Gasteiger partial charge is 0.249 e. The van der Waals surface area contributed by atoms with E-state index in [4.69, 9.17) is 9.47 Å². The van der Waals surface area contributed by atoms with Crippen molar-refractivity contribution in [3.05, 3.63) is 41.0 Å². The van der Waals surface area contributed by atoms with Crippen molar-refractivity contribution in [2.45, 2.75) is 51.3 Å². The van der Waals surface area contributed by atoms with Crippen molar-refractivity contribution in [2.24, 2.45) is 0 Å². The van der Waals surface area contributed by atoms with E-state index in [9.17, 15) is 4.79 Å². The molecule has 1 aromatic carbocycles. The molecule has 1 aromatic heterocycles. The zero-order chi connectivity index (χ0) is 20.3. The van der Waals surface area contributed by atoms with Crippen LogP contribution in [0.4, 0.5) is 0 Å². The fourth-order valence-electron chi connectivity index (χ4n) is 4.56. The number of nitrogens with zero attached hydrogens (tertiary/aromatic N) is 4. The molecule has 1 saturated heterocycles. The molecule has 160 valence electrons. The minimum absolute atomic E-state index is 0.00553. The number of carbonyl (C=O) groups excluding carboxylic acids is 1. The van der Waals surface area contributed by atoms with Crippen molar-refractivity contribution >= 4 is 5.91 Å². The van der Waals surface area contributed by atoms with Gasteiger partial charge in [0, 0.05) is 58.6 Å².